The Morgan fingerprint density at radius 1 is 1.08 bits per heavy atom. The largest absolute Gasteiger partial charge is 2.00 e. The quantitative estimate of drug-likeness (QED) is 0.422. The third-order valence-corrected chi connectivity index (χ3v) is 1.53. The molecule has 0 aliphatic rings. The Morgan fingerprint density at radius 2 is 1.33 bits per heavy atom. The molecule has 0 aromatic carbocycles. The van der Waals surface area contributed by atoms with Crippen LogP contribution in [0.4, 0.5) is 22.0 Å². The van der Waals surface area contributed by atoms with E-state index in [1.165, 1.54) is 0 Å². The molecule has 12 heavy (non-hydrogen) atoms. The van der Waals surface area contributed by atoms with Crippen molar-refractivity contribution in [2.24, 2.45) is 0 Å². The van der Waals surface area contributed by atoms with Gasteiger partial charge in [-0.2, -0.15) is 30.4 Å². The number of rotatable bonds is 1. The van der Waals surface area contributed by atoms with Crippen molar-refractivity contribution in [2.45, 2.75) is 11.4 Å². The maximum absolute atomic E-state index is 11.5. The molecule has 1 N–H and O–H groups in total. The summed E-state index contributed by atoms with van der Waals surface area (Å²) in [4.78, 5) is 0. The Hall–Kier alpha value is 0.820. The molecule has 0 aliphatic heterocycles. The predicted molar refractivity (Wildman–Crippen MR) is 30.5 cm³/mol. The molecular weight excluding hydrogens is 239 g/mol. The van der Waals surface area contributed by atoms with E-state index in [2.05, 4.69) is 0 Å². The van der Waals surface area contributed by atoms with Gasteiger partial charge in [-0.15, -0.1) is 0 Å². The second-order valence-electron chi connectivity index (χ2n) is 1.49. The van der Waals surface area contributed by atoms with Crippen LogP contribution in [0, 0.1) is 0 Å². The van der Waals surface area contributed by atoms with Gasteiger partial charge in [0, 0.05) is 0 Å². The Labute approximate surface area is 96.6 Å². The average Bonchev–Trinajstić information content (AvgIpc) is 1.58. The summed E-state index contributed by atoms with van der Waals surface area (Å²) in [6, 6.07) is 0. The van der Waals surface area contributed by atoms with Gasteiger partial charge in [-0.05, 0) is 0 Å². The van der Waals surface area contributed by atoms with Crippen molar-refractivity contribution in [3.8, 4) is 0 Å². The summed E-state index contributed by atoms with van der Waals surface area (Å²) in [6.07, 6.45) is -6.29. The second kappa shape index (κ2) is 3.91. The first-order valence-corrected chi connectivity index (χ1v) is 3.36. The van der Waals surface area contributed by atoms with E-state index in [1.54, 1.807) is 0 Å². The normalized spacial score (nSPS) is 13.8. The fraction of sp³-hybridized carbons (Fsp3) is 1.00. The van der Waals surface area contributed by atoms with Gasteiger partial charge >= 0.3 is 59.3 Å². The molecule has 0 spiro atoms. The summed E-state index contributed by atoms with van der Waals surface area (Å²) in [5, 5.41) is -6.10. The molecule has 0 bridgehead atoms. The van der Waals surface area contributed by atoms with Gasteiger partial charge in [0.1, 0.15) is 0 Å². The first-order chi connectivity index (χ1) is 4.50. The van der Waals surface area contributed by atoms with Crippen LogP contribution in [0.15, 0.2) is 0 Å². The van der Waals surface area contributed by atoms with Crippen molar-refractivity contribution in [1.29, 1.82) is 0 Å². The zero-order valence-electron chi connectivity index (χ0n) is 7.27. The van der Waals surface area contributed by atoms with E-state index in [9.17, 15) is 30.4 Å². The summed E-state index contributed by atoms with van der Waals surface area (Å²) in [5.41, 5.74) is 0. The number of hydrogen-bond donors (Lipinski definition) is 1. The third kappa shape index (κ3) is 2.95. The van der Waals surface area contributed by atoms with Crippen molar-refractivity contribution in [2.75, 3.05) is 0 Å². The minimum Gasteiger partial charge on any atom is -1.00 e. The van der Waals surface area contributed by atoms with Gasteiger partial charge in [0.05, 0.1) is 0 Å². The number of hydrogen-bond acceptors (Lipinski definition) is 2. The molecule has 0 amide bonds. The smallest absolute Gasteiger partial charge is 1.00 e. The molecule has 0 heterocycles. The molecule has 10 heteroatoms. The van der Waals surface area contributed by atoms with E-state index in [-0.39, 0.29) is 40.6 Å². The molecule has 0 aliphatic carbocycles. The van der Waals surface area contributed by atoms with Crippen LogP contribution in [-0.2, 0) is 10.1 Å². The topological polar surface area (TPSA) is 54.4 Å². The molecule has 0 rings (SSSR count). The number of halogens is 5. The molecule has 0 saturated heterocycles. The summed E-state index contributed by atoms with van der Waals surface area (Å²) in [7, 11) is -6.42. The Kier molecular flexibility index (Phi) is 4.98. The van der Waals surface area contributed by atoms with Gasteiger partial charge in [-0.1, -0.05) is 0 Å². The van der Waals surface area contributed by atoms with Gasteiger partial charge in [0.15, 0.2) is 0 Å². The molecular formula is C2H3CaF5O3S. The van der Waals surface area contributed by atoms with Crippen molar-refractivity contribution in [3.63, 3.8) is 0 Å². The first kappa shape index (κ1) is 15.3. The molecule has 0 atom stereocenters. The molecule has 0 fully saturated rings. The fourth-order valence-electron chi connectivity index (χ4n) is 0.146. The van der Waals surface area contributed by atoms with Crippen molar-refractivity contribution >= 4 is 47.9 Å². The zero-order valence-corrected chi connectivity index (χ0v) is 8.29. The monoisotopic (exact) mass is 242 g/mol. The standard InChI is InChI=1S/C2HF5O3S.Ca.2H/c3-1(4,5)2(6,7)11(8,9)10;;;/h(H,8,9,10);;;/q;+2;2*-1. The van der Waals surface area contributed by atoms with E-state index < -0.39 is 21.5 Å². The third-order valence-electron chi connectivity index (χ3n) is 0.654. The minimum absolute atomic E-state index is 0. The summed E-state index contributed by atoms with van der Waals surface area (Å²) in [6.45, 7) is 0. The molecule has 0 aromatic heterocycles. The van der Waals surface area contributed by atoms with E-state index in [4.69, 9.17) is 4.55 Å². The maximum atomic E-state index is 11.5. The van der Waals surface area contributed by atoms with E-state index >= 15 is 0 Å². The van der Waals surface area contributed by atoms with Crippen molar-refractivity contribution < 1.29 is 37.8 Å². The summed E-state index contributed by atoms with van der Waals surface area (Å²) in [5.74, 6) is 0. The van der Waals surface area contributed by atoms with Gasteiger partial charge in [-0.25, -0.2) is 0 Å². The minimum atomic E-state index is -6.42. The first-order valence-electron chi connectivity index (χ1n) is 1.91. The van der Waals surface area contributed by atoms with Crippen LogP contribution in [0.1, 0.15) is 2.85 Å². The van der Waals surface area contributed by atoms with Gasteiger partial charge in [0.2, 0.25) is 0 Å². The average molecular weight is 242 g/mol. The second-order valence-corrected chi connectivity index (χ2v) is 2.95. The van der Waals surface area contributed by atoms with Crippen LogP contribution in [0.25, 0.3) is 0 Å². The van der Waals surface area contributed by atoms with Crippen LogP contribution in [0.3, 0.4) is 0 Å². The van der Waals surface area contributed by atoms with E-state index in [1.807, 2.05) is 0 Å². The van der Waals surface area contributed by atoms with Crippen LogP contribution in [0.5, 0.6) is 0 Å². The van der Waals surface area contributed by atoms with Gasteiger partial charge in [0.25, 0.3) is 0 Å². The molecule has 0 radical (unpaired) electrons. The molecule has 0 saturated carbocycles. The Balaban J connectivity index is -0.000000167. The molecule has 0 aromatic rings. The van der Waals surface area contributed by atoms with Crippen LogP contribution in [0.2, 0.25) is 0 Å². The van der Waals surface area contributed by atoms with Gasteiger partial charge < -0.3 is 2.85 Å². The van der Waals surface area contributed by atoms with Crippen LogP contribution >= 0.6 is 0 Å². The predicted octanol–water partition coefficient (Wildman–Crippen LogP) is 0.874. The molecule has 0 unspecified atom stereocenters. The van der Waals surface area contributed by atoms with Crippen molar-refractivity contribution in [3.05, 3.63) is 0 Å². The molecule has 72 valence electrons. The van der Waals surface area contributed by atoms with E-state index in [0.717, 1.165) is 0 Å². The van der Waals surface area contributed by atoms with E-state index in [0.29, 0.717) is 0 Å². The fourth-order valence-corrected chi connectivity index (χ4v) is 0.439. The maximum Gasteiger partial charge on any atom is 2.00 e. The zero-order chi connectivity index (χ0) is 9.50. The molecule has 3 nitrogen and oxygen atoms in total. The van der Waals surface area contributed by atoms with Crippen LogP contribution in [-0.4, -0.2) is 62.1 Å². The Morgan fingerprint density at radius 3 is 1.33 bits per heavy atom. The Bertz CT molecular complexity index is 250. The SMILES string of the molecule is O=S(=O)(O)C(F)(F)C(F)(F)F.[Ca+2].[H-].[H-]. The van der Waals surface area contributed by atoms with Crippen molar-refractivity contribution in [1.82, 2.24) is 0 Å². The summed E-state index contributed by atoms with van der Waals surface area (Å²) >= 11 is 0. The van der Waals surface area contributed by atoms with Gasteiger partial charge in [-0.3, -0.25) is 4.55 Å². The van der Waals surface area contributed by atoms with Crippen LogP contribution < -0.4 is 0 Å². The summed E-state index contributed by atoms with van der Waals surface area (Å²) < 4.78 is 82.2. The number of alkyl halides is 5.